The largest absolute Gasteiger partial charge is 0.486 e. The molecule has 2 rings (SSSR count). The maximum absolute atomic E-state index is 11.8. The molecule has 100 valence electrons. The molecule has 4 nitrogen and oxygen atoms in total. The molecule has 1 aromatic carbocycles. The first-order valence-corrected chi connectivity index (χ1v) is 6.06. The Labute approximate surface area is 111 Å². The molecular formula is C15H16O4. The number of hydrogen-bond acceptors (Lipinski definition) is 4. The number of ketones is 1. The van der Waals surface area contributed by atoms with Crippen LogP contribution in [0.15, 0.2) is 39.5 Å². The monoisotopic (exact) mass is 260 g/mol. The van der Waals surface area contributed by atoms with Gasteiger partial charge in [-0.05, 0) is 18.2 Å². The number of fused-ring (bicyclic) bond motifs is 1. The molecule has 0 saturated heterocycles. The molecule has 0 unspecified atom stereocenters. The van der Waals surface area contributed by atoms with E-state index in [-0.39, 0.29) is 12.4 Å². The van der Waals surface area contributed by atoms with Crippen LogP contribution in [-0.4, -0.2) is 12.4 Å². The van der Waals surface area contributed by atoms with Crippen LogP contribution >= 0.6 is 0 Å². The molecule has 0 spiro atoms. The summed E-state index contributed by atoms with van der Waals surface area (Å²) in [6.45, 7) is 5.54. The Morgan fingerprint density at radius 1 is 1.21 bits per heavy atom. The Morgan fingerprint density at radius 3 is 2.58 bits per heavy atom. The number of carbonyl (C=O) groups excluding carboxylic acids is 1. The second kappa shape index (κ2) is 4.88. The van der Waals surface area contributed by atoms with E-state index in [1.165, 1.54) is 6.07 Å². The van der Waals surface area contributed by atoms with Crippen LogP contribution in [0.3, 0.4) is 0 Å². The summed E-state index contributed by atoms with van der Waals surface area (Å²) in [6.07, 6.45) is 0. The van der Waals surface area contributed by atoms with Gasteiger partial charge in [-0.3, -0.25) is 4.79 Å². The van der Waals surface area contributed by atoms with E-state index >= 15 is 0 Å². The quantitative estimate of drug-likeness (QED) is 0.796. The Morgan fingerprint density at radius 2 is 1.89 bits per heavy atom. The number of carbonyl (C=O) groups is 1. The standard InChI is InChI=1S/C15H16O4/c1-15(2,3)13(16)9-18-11-6-4-10-5-7-14(17)19-12(10)8-11/h4-8H,9H2,1-3H3. The maximum Gasteiger partial charge on any atom is 0.336 e. The first-order chi connectivity index (χ1) is 8.86. The van der Waals surface area contributed by atoms with E-state index in [0.717, 1.165) is 5.39 Å². The lowest BCUT2D eigenvalue weighted by Crippen LogP contribution is -2.26. The van der Waals surface area contributed by atoms with Crippen molar-refractivity contribution in [2.24, 2.45) is 5.41 Å². The van der Waals surface area contributed by atoms with Gasteiger partial charge in [0, 0.05) is 22.9 Å². The highest BCUT2D eigenvalue weighted by Crippen LogP contribution is 2.21. The van der Waals surface area contributed by atoms with E-state index in [0.29, 0.717) is 11.3 Å². The highest BCUT2D eigenvalue weighted by molar-refractivity contribution is 5.85. The first kappa shape index (κ1) is 13.3. The SMILES string of the molecule is CC(C)(C)C(=O)COc1ccc2ccc(=O)oc2c1. The van der Waals surface area contributed by atoms with Gasteiger partial charge in [-0.2, -0.15) is 0 Å². The van der Waals surface area contributed by atoms with E-state index in [1.807, 2.05) is 20.8 Å². The third-order valence-corrected chi connectivity index (χ3v) is 2.80. The third-order valence-electron chi connectivity index (χ3n) is 2.80. The van der Waals surface area contributed by atoms with Gasteiger partial charge in [-0.1, -0.05) is 20.8 Å². The van der Waals surface area contributed by atoms with E-state index < -0.39 is 11.0 Å². The van der Waals surface area contributed by atoms with Crippen LogP contribution in [0, 0.1) is 5.41 Å². The summed E-state index contributed by atoms with van der Waals surface area (Å²) in [5, 5.41) is 0.814. The number of benzene rings is 1. The van der Waals surface area contributed by atoms with Crippen molar-refractivity contribution in [3.8, 4) is 5.75 Å². The van der Waals surface area contributed by atoms with Crippen molar-refractivity contribution in [1.29, 1.82) is 0 Å². The fraction of sp³-hybridized carbons (Fsp3) is 0.333. The van der Waals surface area contributed by atoms with E-state index in [1.54, 1.807) is 24.3 Å². The van der Waals surface area contributed by atoms with Crippen LogP contribution in [0.1, 0.15) is 20.8 Å². The molecule has 0 N–H and O–H groups in total. The summed E-state index contributed by atoms with van der Waals surface area (Å²) in [7, 11) is 0. The zero-order chi connectivity index (χ0) is 14.0. The number of rotatable bonds is 3. The van der Waals surface area contributed by atoms with Gasteiger partial charge in [0.15, 0.2) is 5.78 Å². The average molecular weight is 260 g/mol. The van der Waals surface area contributed by atoms with Gasteiger partial charge in [0.25, 0.3) is 0 Å². The van der Waals surface area contributed by atoms with Crippen LogP contribution in [0.5, 0.6) is 5.75 Å². The van der Waals surface area contributed by atoms with E-state index in [9.17, 15) is 9.59 Å². The van der Waals surface area contributed by atoms with Crippen molar-refractivity contribution in [2.45, 2.75) is 20.8 Å². The second-order valence-electron chi connectivity index (χ2n) is 5.42. The van der Waals surface area contributed by atoms with Gasteiger partial charge in [-0.15, -0.1) is 0 Å². The predicted octanol–water partition coefficient (Wildman–Crippen LogP) is 2.79. The van der Waals surface area contributed by atoms with Crippen molar-refractivity contribution in [2.75, 3.05) is 6.61 Å². The third kappa shape index (κ3) is 3.22. The zero-order valence-electron chi connectivity index (χ0n) is 11.2. The Bertz CT molecular complexity index is 662. The van der Waals surface area contributed by atoms with Crippen molar-refractivity contribution < 1.29 is 13.9 Å². The molecule has 0 bridgehead atoms. The minimum atomic E-state index is -0.427. The lowest BCUT2D eigenvalue weighted by Gasteiger charge is -2.16. The minimum absolute atomic E-state index is 0.00602. The minimum Gasteiger partial charge on any atom is -0.486 e. The molecule has 19 heavy (non-hydrogen) atoms. The van der Waals surface area contributed by atoms with Crippen LogP contribution in [0.25, 0.3) is 11.0 Å². The molecule has 0 radical (unpaired) electrons. The molecule has 1 heterocycles. The summed E-state index contributed by atoms with van der Waals surface area (Å²) in [5.74, 6) is 0.529. The molecule has 0 aliphatic rings. The summed E-state index contributed by atoms with van der Waals surface area (Å²) in [6, 6.07) is 8.21. The highest BCUT2D eigenvalue weighted by atomic mass is 16.5. The fourth-order valence-corrected chi connectivity index (χ4v) is 1.50. The van der Waals surface area contributed by atoms with E-state index in [4.69, 9.17) is 9.15 Å². The Hall–Kier alpha value is -2.10. The Balaban J connectivity index is 2.18. The van der Waals surface area contributed by atoms with Crippen LogP contribution in [0.4, 0.5) is 0 Å². The van der Waals surface area contributed by atoms with Crippen molar-refractivity contribution >= 4 is 16.8 Å². The molecular weight excluding hydrogens is 244 g/mol. The highest BCUT2D eigenvalue weighted by Gasteiger charge is 2.21. The van der Waals surface area contributed by atoms with E-state index in [2.05, 4.69) is 0 Å². The van der Waals surface area contributed by atoms with Crippen molar-refractivity contribution in [3.05, 3.63) is 40.8 Å². The van der Waals surface area contributed by atoms with Gasteiger partial charge >= 0.3 is 5.63 Å². The molecule has 4 heteroatoms. The lowest BCUT2D eigenvalue weighted by molar-refractivity contribution is -0.128. The van der Waals surface area contributed by atoms with Crippen LogP contribution < -0.4 is 10.4 Å². The normalized spacial score (nSPS) is 11.5. The predicted molar refractivity (Wildman–Crippen MR) is 72.4 cm³/mol. The van der Waals surface area contributed by atoms with Crippen LogP contribution in [0.2, 0.25) is 0 Å². The van der Waals surface area contributed by atoms with Crippen molar-refractivity contribution in [1.82, 2.24) is 0 Å². The summed E-state index contributed by atoms with van der Waals surface area (Å²) in [5.41, 5.74) is -0.382. The molecule has 1 aromatic heterocycles. The smallest absolute Gasteiger partial charge is 0.336 e. The lowest BCUT2D eigenvalue weighted by atomic mass is 9.91. The first-order valence-electron chi connectivity index (χ1n) is 6.06. The number of Topliss-reactive ketones (excluding diaryl/α,β-unsaturated/α-hetero) is 1. The Kier molecular flexibility index (Phi) is 3.42. The van der Waals surface area contributed by atoms with Gasteiger partial charge in [0.1, 0.15) is 17.9 Å². The van der Waals surface area contributed by atoms with Crippen molar-refractivity contribution in [3.63, 3.8) is 0 Å². The summed E-state index contributed by atoms with van der Waals surface area (Å²) in [4.78, 5) is 22.9. The van der Waals surface area contributed by atoms with Gasteiger partial charge < -0.3 is 9.15 Å². The number of ether oxygens (including phenoxy) is 1. The zero-order valence-corrected chi connectivity index (χ0v) is 11.2. The second-order valence-corrected chi connectivity index (χ2v) is 5.42. The molecule has 0 amide bonds. The van der Waals surface area contributed by atoms with Gasteiger partial charge in [0.2, 0.25) is 0 Å². The maximum atomic E-state index is 11.8. The topological polar surface area (TPSA) is 56.5 Å². The van der Waals surface area contributed by atoms with Gasteiger partial charge in [-0.25, -0.2) is 4.79 Å². The molecule has 0 aliphatic carbocycles. The molecule has 0 aliphatic heterocycles. The summed E-state index contributed by atoms with van der Waals surface area (Å²) >= 11 is 0. The summed E-state index contributed by atoms with van der Waals surface area (Å²) < 4.78 is 10.5. The molecule has 2 aromatic rings. The average Bonchev–Trinajstić information content (AvgIpc) is 2.34. The van der Waals surface area contributed by atoms with Crippen LogP contribution in [-0.2, 0) is 4.79 Å². The molecule has 0 fully saturated rings. The fourth-order valence-electron chi connectivity index (χ4n) is 1.50. The number of hydrogen-bond donors (Lipinski definition) is 0. The molecule has 0 saturated carbocycles. The van der Waals surface area contributed by atoms with Gasteiger partial charge in [0.05, 0.1) is 0 Å². The molecule has 0 atom stereocenters.